The molecule has 0 spiro atoms. The number of halogens is 4. The van der Waals surface area contributed by atoms with E-state index in [0.717, 1.165) is 10.9 Å². The summed E-state index contributed by atoms with van der Waals surface area (Å²) in [5.41, 5.74) is -0.0357. The molecule has 0 radical (unpaired) electrons. The highest BCUT2D eigenvalue weighted by molar-refractivity contribution is 6.31. The van der Waals surface area contributed by atoms with Crippen LogP contribution in [0, 0.1) is 23.1 Å². The number of nitrogens with zero attached hydrogens (tertiary/aromatic N) is 5. The van der Waals surface area contributed by atoms with E-state index in [1.807, 2.05) is 0 Å². The first-order valence-corrected chi connectivity index (χ1v) is 9.68. The highest BCUT2D eigenvalue weighted by Crippen LogP contribution is 2.32. The topological polar surface area (TPSA) is 46.3 Å². The van der Waals surface area contributed by atoms with Crippen LogP contribution in [-0.4, -0.2) is 33.1 Å². The molecule has 0 fully saturated rings. The maximum absolute atomic E-state index is 14.3. The van der Waals surface area contributed by atoms with Crippen molar-refractivity contribution in [3.05, 3.63) is 59.1 Å². The van der Waals surface area contributed by atoms with E-state index in [1.54, 1.807) is 40.6 Å². The predicted octanol–water partition coefficient (Wildman–Crippen LogP) is 5.48. The largest absolute Gasteiger partial charge is 0.329 e. The number of benzene rings is 2. The average molecular weight is 444 g/mol. The van der Waals surface area contributed by atoms with Crippen molar-refractivity contribution >= 4 is 39.8 Å². The molecule has 0 unspecified atom stereocenters. The Morgan fingerprint density at radius 2 is 1.94 bits per heavy atom. The molecule has 0 bridgehead atoms. The summed E-state index contributed by atoms with van der Waals surface area (Å²) in [6, 6.07) is 9.45. The molecule has 4 rings (SSSR count). The van der Waals surface area contributed by atoms with Crippen molar-refractivity contribution in [2.45, 2.75) is 20.3 Å². The minimum absolute atomic E-state index is 0.284. The molecule has 0 aliphatic rings. The molecule has 0 saturated heterocycles. The number of hydrogen-bond donors (Lipinski definition) is 0. The van der Waals surface area contributed by atoms with Gasteiger partial charge in [0.1, 0.15) is 18.0 Å². The van der Waals surface area contributed by atoms with E-state index in [-0.39, 0.29) is 5.56 Å². The van der Waals surface area contributed by atoms with E-state index in [0.29, 0.717) is 22.3 Å². The van der Waals surface area contributed by atoms with Gasteiger partial charge < -0.3 is 4.90 Å². The zero-order valence-electron chi connectivity index (χ0n) is 16.9. The second kappa shape index (κ2) is 7.75. The second-order valence-electron chi connectivity index (χ2n) is 7.63. The van der Waals surface area contributed by atoms with Gasteiger partial charge in [-0.3, -0.25) is 4.40 Å². The van der Waals surface area contributed by atoms with Gasteiger partial charge in [0, 0.05) is 28.7 Å². The summed E-state index contributed by atoms with van der Waals surface area (Å²) in [6.45, 7) is 2.68. The van der Waals surface area contributed by atoms with Gasteiger partial charge in [0.25, 0.3) is 12.2 Å². The molecule has 0 atom stereocenters. The number of aromatic nitrogens is 4. The standard InChI is InChI=1S/C22H17ClF3N5/c1-22(2,20(25)26)7-6-13-8-15(24)11-16(9-13)30(3)19-17-5-4-14(23)10-18(17)31-12-27-29-21(31)28-19/h4-5,8-12,20H,1-3H3. The minimum atomic E-state index is -2.62. The molecule has 9 heteroatoms. The Kier molecular flexibility index (Phi) is 5.23. The molecular weight excluding hydrogens is 427 g/mol. The van der Waals surface area contributed by atoms with Crippen LogP contribution in [0.4, 0.5) is 24.7 Å². The Morgan fingerprint density at radius 1 is 1.16 bits per heavy atom. The SMILES string of the molecule is CN(c1cc(F)cc(C#CC(C)(C)C(F)F)c1)c1nc2nncn2c2cc(Cl)ccc12. The van der Waals surface area contributed by atoms with Crippen LogP contribution in [-0.2, 0) is 0 Å². The third-order valence-corrected chi connectivity index (χ3v) is 5.09. The Balaban J connectivity index is 1.83. The molecule has 0 N–H and O–H groups in total. The van der Waals surface area contributed by atoms with Crippen LogP contribution >= 0.6 is 11.6 Å². The predicted molar refractivity (Wildman–Crippen MR) is 114 cm³/mol. The van der Waals surface area contributed by atoms with Crippen LogP contribution in [0.5, 0.6) is 0 Å². The van der Waals surface area contributed by atoms with Crippen LogP contribution in [0.3, 0.4) is 0 Å². The van der Waals surface area contributed by atoms with Crippen molar-refractivity contribution in [1.29, 1.82) is 0 Å². The van der Waals surface area contributed by atoms with Crippen molar-refractivity contribution in [1.82, 2.24) is 19.6 Å². The van der Waals surface area contributed by atoms with Gasteiger partial charge in [0.05, 0.1) is 10.9 Å². The highest BCUT2D eigenvalue weighted by atomic mass is 35.5. The summed E-state index contributed by atoms with van der Waals surface area (Å²) in [5.74, 6) is 5.51. The van der Waals surface area contributed by atoms with Gasteiger partial charge in [-0.1, -0.05) is 23.4 Å². The van der Waals surface area contributed by atoms with Crippen molar-refractivity contribution < 1.29 is 13.2 Å². The minimum Gasteiger partial charge on any atom is -0.329 e. The smallest absolute Gasteiger partial charge is 0.257 e. The monoisotopic (exact) mass is 443 g/mol. The van der Waals surface area contributed by atoms with Crippen LogP contribution in [0.2, 0.25) is 5.02 Å². The fourth-order valence-corrected chi connectivity index (χ4v) is 3.20. The third-order valence-electron chi connectivity index (χ3n) is 4.86. The van der Waals surface area contributed by atoms with E-state index >= 15 is 0 Å². The first-order chi connectivity index (χ1) is 14.7. The highest BCUT2D eigenvalue weighted by Gasteiger charge is 2.27. The van der Waals surface area contributed by atoms with Gasteiger partial charge in [-0.25, -0.2) is 13.2 Å². The molecule has 2 heterocycles. The van der Waals surface area contributed by atoms with Crippen molar-refractivity contribution in [2.24, 2.45) is 5.41 Å². The number of rotatable bonds is 3. The van der Waals surface area contributed by atoms with Gasteiger partial charge in [0.2, 0.25) is 0 Å². The average Bonchev–Trinajstić information content (AvgIpc) is 3.19. The Bertz CT molecular complexity index is 1350. The first-order valence-electron chi connectivity index (χ1n) is 9.30. The fraction of sp³-hybridized carbons (Fsp3) is 0.227. The fourth-order valence-electron chi connectivity index (χ4n) is 3.03. The molecular formula is C22H17ClF3N5. The summed E-state index contributed by atoms with van der Waals surface area (Å²) in [5, 5.41) is 9.18. The Labute approximate surface area is 181 Å². The molecule has 2 aromatic heterocycles. The second-order valence-corrected chi connectivity index (χ2v) is 8.06. The van der Waals surface area contributed by atoms with E-state index in [9.17, 15) is 13.2 Å². The summed E-state index contributed by atoms with van der Waals surface area (Å²) in [7, 11) is 1.72. The number of alkyl halides is 2. The molecule has 5 nitrogen and oxygen atoms in total. The lowest BCUT2D eigenvalue weighted by Gasteiger charge is -2.21. The maximum Gasteiger partial charge on any atom is 0.257 e. The van der Waals surface area contributed by atoms with Gasteiger partial charge in [-0.15, -0.1) is 10.2 Å². The number of hydrogen-bond acceptors (Lipinski definition) is 4. The lowest BCUT2D eigenvalue weighted by molar-refractivity contribution is 0.0570. The van der Waals surface area contributed by atoms with Crippen LogP contribution in [0.15, 0.2) is 42.7 Å². The molecule has 4 aromatic rings. The van der Waals surface area contributed by atoms with Crippen molar-refractivity contribution in [3.8, 4) is 11.8 Å². The molecule has 158 valence electrons. The first kappa shape index (κ1) is 20.9. The van der Waals surface area contributed by atoms with E-state index in [1.165, 1.54) is 32.3 Å². The zero-order chi connectivity index (χ0) is 22.3. The molecule has 0 amide bonds. The number of fused-ring (bicyclic) bond motifs is 3. The third kappa shape index (κ3) is 4.01. The Hall–Kier alpha value is -3.31. The summed E-state index contributed by atoms with van der Waals surface area (Å²) < 4.78 is 42.2. The van der Waals surface area contributed by atoms with Gasteiger partial charge in [-0.05, 0) is 50.2 Å². The van der Waals surface area contributed by atoms with Crippen molar-refractivity contribution in [3.63, 3.8) is 0 Å². The van der Waals surface area contributed by atoms with Crippen LogP contribution in [0.25, 0.3) is 16.7 Å². The lowest BCUT2D eigenvalue weighted by Crippen LogP contribution is -2.19. The maximum atomic E-state index is 14.3. The summed E-state index contributed by atoms with van der Waals surface area (Å²) in [6.07, 6.45) is -1.08. The zero-order valence-corrected chi connectivity index (χ0v) is 17.6. The van der Waals surface area contributed by atoms with E-state index < -0.39 is 17.7 Å². The summed E-state index contributed by atoms with van der Waals surface area (Å²) in [4.78, 5) is 6.23. The normalized spacial score (nSPS) is 11.7. The molecule has 0 aliphatic carbocycles. The molecule has 31 heavy (non-hydrogen) atoms. The van der Waals surface area contributed by atoms with Crippen molar-refractivity contribution in [2.75, 3.05) is 11.9 Å². The van der Waals surface area contributed by atoms with E-state index in [2.05, 4.69) is 27.0 Å². The number of anilines is 2. The quantitative estimate of drug-likeness (QED) is 0.393. The van der Waals surface area contributed by atoms with Gasteiger partial charge >= 0.3 is 0 Å². The van der Waals surface area contributed by atoms with Crippen LogP contribution < -0.4 is 4.90 Å². The molecule has 0 saturated carbocycles. The molecule has 2 aromatic carbocycles. The van der Waals surface area contributed by atoms with E-state index in [4.69, 9.17) is 11.6 Å². The Morgan fingerprint density at radius 3 is 2.68 bits per heavy atom. The van der Waals surface area contributed by atoms with Crippen LogP contribution in [0.1, 0.15) is 19.4 Å². The van der Waals surface area contributed by atoms with Gasteiger partial charge in [-0.2, -0.15) is 4.98 Å². The van der Waals surface area contributed by atoms with Gasteiger partial charge in [0.15, 0.2) is 0 Å². The lowest BCUT2D eigenvalue weighted by atomic mass is 9.95. The summed E-state index contributed by atoms with van der Waals surface area (Å²) >= 11 is 6.16. The molecule has 0 aliphatic heterocycles.